The SMILES string of the molecule is NC(=O)CCCCNc1nccc2ccccc12. The number of amides is 1. The minimum atomic E-state index is -0.238. The molecule has 4 heteroatoms. The largest absolute Gasteiger partial charge is 0.370 e. The van der Waals surface area contributed by atoms with Crippen molar-refractivity contribution in [3.8, 4) is 0 Å². The van der Waals surface area contributed by atoms with E-state index >= 15 is 0 Å². The Labute approximate surface area is 106 Å². The van der Waals surface area contributed by atoms with Gasteiger partial charge in [-0.2, -0.15) is 0 Å². The number of carbonyl (C=O) groups is 1. The van der Waals surface area contributed by atoms with Crippen LogP contribution in [0.3, 0.4) is 0 Å². The van der Waals surface area contributed by atoms with Crippen LogP contribution in [0.15, 0.2) is 36.5 Å². The van der Waals surface area contributed by atoms with Gasteiger partial charge in [-0.15, -0.1) is 0 Å². The lowest BCUT2D eigenvalue weighted by Crippen LogP contribution is -2.11. The average Bonchev–Trinajstić information content (AvgIpc) is 2.38. The Morgan fingerprint density at radius 3 is 2.89 bits per heavy atom. The highest BCUT2D eigenvalue weighted by molar-refractivity contribution is 5.91. The third-order valence-corrected chi connectivity index (χ3v) is 2.82. The zero-order valence-electron chi connectivity index (χ0n) is 10.2. The van der Waals surface area contributed by atoms with Crippen LogP contribution in [0.25, 0.3) is 10.8 Å². The van der Waals surface area contributed by atoms with Crippen LogP contribution in [0.1, 0.15) is 19.3 Å². The second kappa shape index (κ2) is 6.00. The van der Waals surface area contributed by atoms with E-state index in [4.69, 9.17) is 5.73 Å². The van der Waals surface area contributed by atoms with Crippen LogP contribution in [-0.2, 0) is 4.79 Å². The quantitative estimate of drug-likeness (QED) is 0.765. The number of aromatic nitrogens is 1. The van der Waals surface area contributed by atoms with Crippen molar-refractivity contribution in [2.75, 3.05) is 11.9 Å². The number of benzene rings is 1. The number of pyridine rings is 1. The number of hydrogen-bond acceptors (Lipinski definition) is 3. The van der Waals surface area contributed by atoms with Crippen LogP contribution >= 0.6 is 0 Å². The maximum Gasteiger partial charge on any atom is 0.217 e. The minimum Gasteiger partial charge on any atom is -0.370 e. The maximum absolute atomic E-state index is 10.6. The number of carbonyl (C=O) groups excluding carboxylic acids is 1. The first-order valence-corrected chi connectivity index (χ1v) is 6.13. The van der Waals surface area contributed by atoms with Crippen LogP contribution in [-0.4, -0.2) is 17.4 Å². The number of fused-ring (bicyclic) bond motifs is 1. The van der Waals surface area contributed by atoms with Gasteiger partial charge in [0.05, 0.1) is 0 Å². The molecular formula is C14H17N3O. The molecule has 3 N–H and O–H groups in total. The van der Waals surface area contributed by atoms with Crippen LogP contribution in [0, 0.1) is 0 Å². The molecule has 0 bridgehead atoms. The number of anilines is 1. The molecule has 0 spiro atoms. The fourth-order valence-corrected chi connectivity index (χ4v) is 1.89. The molecule has 0 atom stereocenters. The lowest BCUT2D eigenvalue weighted by atomic mass is 10.1. The van der Waals surface area contributed by atoms with E-state index in [0.29, 0.717) is 6.42 Å². The molecule has 0 saturated heterocycles. The molecule has 0 aliphatic heterocycles. The van der Waals surface area contributed by atoms with Crippen LogP contribution in [0.2, 0.25) is 0 Å². The Bertz CT molecular complexity index is 534. The van der Waals surface area contributed by atoms with Crippen molar-refractivity contribution in [2.45, 2.75) is 19.3 Å². The third-order valence-electron chi connectivity index (χ3n) is 2.82. The lowest BCUT2D eigenvalue weighted by molar-refractivity contribution is -0.118. The zero-order valence-corrected chi connectivity index (χ0v) is 10.2. The van der Waals surface area contributed by atoms with Gasteiger partial charge in [-0.05, 0) is 24.3 Å². The fourth-order valence-electron chi connectivity index (χ4n) is 1.89. The normalized spacial score (nSPS) is 10.4. The Morgan fingerprint density at radius 2 is 2.06 bits per heavy atom. The number of hydrogen-bond donors (Lipinski definition) is 2. The summed E-state index contributed by atoms with van der Waals surface area (Å²) in [5.74, 6) is 0.658. The van der Waals surface area contributed by atoms with E-state index < -0.39 is 0 Å². The number of nitrogens with one attached hydrogen (secondary N) is 1. The van der Waals surface area contributed by atoms with Gasteiger partial charge in [0.1, 0.15) is 5.82 Å². The summed E-state index contributed by atoms with van der Waals surface area (Å²) in [5.41, 5.74) is 5.09. The molecule has 0 radical (unpaired) electrons. The Balaban J connectivity index is 1.93. The molecule has 18 heavy (non-hydrogen) atoms. The zero-order chi connectivity index (χ0) is 12.8. The standard InChI is InChI=1S/C14H17N3O/c15-13(18)7-3-4-9-16-14-12-6-2-1-5-11(12)8-10-17-14/h1-2,5-6,8,10H,3-4,7,9H2,(H2,15,18)(H,16,17). The Hall–Kier alpha value is -2.10. The van der Waals surface area contributed by atoms with E-state index in [1.807, 2.05) is 24.3 Å². The molecule has 2 rings (SSSR count). The maximum atomic E-state index is 10.6. The Kier molecular flexibility index (Phi) is 4.12. The molecule has 2 aromatic rings. The lowest BCUT2D eigenvalue weighted by Gasteiger charge is -2.08. The van der Waals surface area contributed by atoms with Crippen molar-refractivity contribution in [2.24, 2.45) is 5.73 Å². The van der Waals surface area contributed by atoms with E-state index in [1.165, 1.54) is 5.39 Å². The molecule has 1 heterocycles. The number of primary amides is 1. The van der Waals surface area contributed by atoms with Gasteiger partial charge in [0.15, 0.2) is 0 Å². The van der Waals surface area contributed by atoms with Crippen molar-refractivity contribution in [1.29, 1.82) is 0 Å². The van der Waals surface area contributed by atoms with Crippen molar-refractivity contribution in [3.63, 3.8) is 0 Å². The molecule has 0 aliphatic carbocycles. The molecule has 0 saturated carbocycles. The molecule has 0 aliphatic rings. The van der Waals surface area contributed by atoms with Gasteiger partial charge in [-0.3, -0.25) is 4.79 Å². The van der Waals surface area contributed by atoms with Gasteiger partial charge in [0.2, 0.25) is 5.91 Å². The smallest absolute Gasteiger partial charge is 0.217 e. The number of unbranched alkanes of at least 4 members (excludes halogenated alkanes) is 1. The highest BCUT2D eigenvalue weighted by atomic mass is 16.1. The fraction of sp³-hybridized carbons (Fsp3) is 0.286. The van der Waals surface area contributed by atoms with E-state index in [9.17, 15) is 4.79 Å². The monoisotopic (exact) mass is 243 g/mol. The molecule has 94 valence electrons. The summed E-state index contributed by atoms with van der Waals surface area (Å²) in [6.07, 6.45) is 3.97. The first kappa shape index (κ1) is 12.4. The summed E-state index contributed by atoms with van der Waals surface area (Å²) >= 11 is 0. The summed E-state index contributed by atoms with van der Waals surface area (Å²) < 4.78 is 0. The topological polar surface area (TPSA) is 68.0 Å². The summed E-state index contributed by atoms with van der Waals surface area (Å²) in [6, 6.07) is 10.1. The van der Waals surface area contributed by atoms with Gasteiger partial charge >= 0.3 is 0 Å². The summed E-state index contributed by atoms with van der Waals surface area (Å²) in [7, 11) is 0. The van der Waals surface area contributed by atoms with Crippen LogP contribution in [0.4, 0.5) is 5.82 Å². The Morgan fingerprint density at radius 1 is 1.22 bits per heavy atom. The van der Waals surface area contributed by atoms with Gasteiger partial charge in [-0.25, -0.2) is 4.98 Å². The van der Waals surface area contributed by atoms with Crippen molar-refractivity contribution in [3.05, 3.63) is 36.5 Å². The van der Waals surface area contributed by atoms with Gasteiger partial charge in [-0.1, -0.05) is 24.3 Å². The van der Waals surface area contributed by atoms with E-state index in [0.717, 1.165) is 30.6 Å². The van der Waals surface area contributed by atoms with Gasteiger partial charge in [0, 0.05) is 24.5 Å². The van der Waals surface area contributed by atoms with Crippen molar-refractivity contribution in [1.82, 2.24) is 4.98 Å². The minimum absolute atomic E-state index is 0.238. The second-order valence-electron chi connectivity index (χ2n) is 4.23. The summed E-state index contributed by atoms with van der Waals surface area (Å²) in [5, 5.41) is 5.59. The highest BCUT2D eigenvalue weighted by Crippen LogP contribution is 2.20. The highest BCUT2D eigenvalue weighted by Gasteiger charge is 2.00. The number of rotatable bonds is 6. The van der Waals surface area contributed by atoms with E-state index in [-0.39, 0.29) is 5.91 Å². The van der Waals surface area contributed by atoms with Crippen LogP contribution in [0.5, 0.6) is 0 Å². The van der Waals surface area contributed by atoms with Crippen LogP contribution < -0.4 is 11.1 Å². The first-order chi connectivity index (χ1) is 8.77. The summed E-state index contributed by atoms with van der Waals surface area (Å²) in [6.45, 7) is 0.800. The number of nitrogens with zero attached hydrogens (tertiary/aromatic N) is 1. The van der Waals surface area contributed by atoms with Crippen molar-refractivity contribution < 1.29 is 4.79 Å². The van der Waals surface area contributed by atoms with Crippen molar-refractivity contribution >= 4 is 22.5 Å². The number of nitrogens with two attached hydrogens (primary N) is 1. The van der Waals surface area contributed by atoms with E-state index in [2.05, 4.69) is 16.4 Å². The molecule has 1 aromatic heterocycles. The molecule has 4 nitrogen and oxygen atoms in total. The third kappa shape index (κ3) is 3.20. The predicted octanol–water partition coefficient (Wildman–Crippen LogP) is 2.30. The molecule has 1 aromatic carbocycles. The average molecular weight is 243 g/mol. The molecule has 0 fully saturated rings. The van der Waals surface area contributed by atoms with Gasteiger partial charge < -0.3 is 11.1 Å². The molecular weight excluding hydrogens is 226 g/mol. The second-order valence-corrected chi connectivity index (χ2v) is 4.23. The predicted molar refractivity (Wildman–Crippen MR) is 73.3 cm³/mol. The summed E-state index contributed by atoms with van der Waals surface area (Å²) in [4.78, 5) is 14.9. The van der Waals surface area contributed by atoms with E-state index in [1.54, 1.807) is 6.20 Å². The first-order valence-electron chi connectivity index (χ1n) is 6.13. The van der Waals surface area contributed by atoms with Gasteiger partial charge in [0.25, 0.3) is 0 Å². The molecule has 1 amide bonds. The molecule has 0 unspecified atom stereocenters.